The molecule has 3 nitrogen and oxygen atoms in total. The molecule has 1 aliphatic carbocycles. The molecule has 0 spiro atoms. The largest absolute Gasteiger partial charge is 0.446 e. The third kappa shape index (κ3) is 5.66. The van der Waals surface area contributed by atoms with Crippen LogP contribution in [0.2, 0.25) is 0 Å². The van der Waals surface area contributed by atoms with Gasteiger partial charge in [-0.15, -0.1) is 0 Å². The Labute approximate surface area is 123 Å². The molecule has 0 unspecified atom stereocenters. The van der Waals surface area contributed by atoms with Gasteiger partial charge in [0.1, 0.15) is 5.76 Å². The van der Waals surface area contributed by atoms with Crippen LogP contribution in [-0.4, -0.2) is 17.1 Å². The van der Waals surface area contributed by atoms with E-state index in [1.54, 1.807) is 0 Å². The number of aromatic nitrogens is 1. The van der Waals surface area contributed by atoms with Crippen molar-refractivity contribution in [2.24, 2.45) is 5.92 Å². The average Bonchev–Trinajstić information content (AvgIpc) is 2.64. The molecule has 0 aliphatic heterocycles. The highest BCUT2D eigenvalue weighted by atomic mass is 16.4. The summed E-state index contributed by atoms with van der Waals surface area (Å²) >= 11 is 0. The molecule has 1 aromatic rings. The van der Waals surface area contributed by atoms with Crippen LogP contribution in [0, 0.1) is 5.92 Å². The van der Waals surface area contributed by atoms with Crippen LogP contribution in [0.5, 0.6) is 0 Å². The second-order valence-corrected chi connectivity index (χ2v) is 7.21. The molecule has 0 aromatic carbocycles. The normalized spacial score (nSPS) is 18.1. The molecule has 1 aliphatic rings. The minimum absolute atomic E-state index is 0.162. The number of rotatable bonds is 5. The maximum atomic E-state index is 5.89. The second kappa shape index (κ2) is 7.26. The minimum atomic E-state index is 0.162. The van der Waals surface area contributed by atoms with Crippen molar-refractivity contribution in [3.63, 3.8) is 0 Å². The number of hydrogen-bond donors (Lipinski definition) is 1. The molecule has 1 heterocycles. The SMILES string of the molecule is CC(C)(C)NCCc1ncc(CC2CCCCCC2)o1. The fraction of sp³-hybridized carbons (Fsp3) is 0.824. The lowest BCUT2D eigenvalue weighted by Gasteiger charge is -2.19. The van der Waals surface area contributed by atoms with Crippen LogP contribution in [0.3, 0.4) is 0 Å². The van der Waals surface area contributed by atoms with Gasteiger partial charge in [-0.1, -0.05) is 38.5 Å². The van der Waals surface area contributed by atoms with Crippen LogP contribution in [0.25, 0.3) is 0 Å². The summed E-state index contributed by atoms with van der Waals surface area (Å²) in [5.41, 5.74) is 0.162. The van der Waals surface area contributed by atoms with Crippen LogP contribution in [0.1, 0.15) is 70.9 Å². The van der Waals surface area contributed by atoms with Crippen LogP contribution >= 0.6 is 0 Å². The van der Waals surface area contributed by atoms with Crippen LogP contribution < -0.4 is 5.32 Å². The average molecular weight is 278 g/mol. The first kappa shape index (κ1) is 15.6. The van der Waals surface area contributed by atoms with Crippen molar-refractivity contribution in [2.75, 3.05) is 6.54 Å². The van der Waals surface area contributed by atoms with E-state index in [0.717, 1.165) is 37.0 Å². The minimum Gasteiger partial charge on any atom is -0.446 e. The van der Waals surface area contributed by atoms with Crippen molar-refractivity contribution in [3.05, 3.63) is 17.8 Å². The lowest BCUT2D eigenvalue weighted by atomic mass is 9.96. The molecule has 0 atom stereocenters. The maximum absolute atomic E-state index is 5.89. The zero-order valence-electron chi connectivity index (χ0n) is 13.4. The maximum Gasteiger partial charge on any atom is 0.195 e. The first-order valence-electron chi connectivity index (χ1n) is 8.21. The van der Waals surface area contributed by atoms with Crippen molar-refractivity contribution < 1.29 is 4.42 Å². The summed E-state index contributed by atoms with van der Waals surface area (Å²) in [5.74, 6) is 2.78. The third-order valence-corrected chi connectivity index (χ3v) is 4.06. The summed E-state index contributed by atoms with van der Waals surface area (Å²) in [5, 5.41) is 3.47. The van der Waals surface area contributed by atoms with E-state index in [4.69, 9.17) is 4.42 Å². The summed E-state index contributed by atoms with van der Waals surface area (Å²) in [7, 11) is 0. The van der Waals surface area contributed by atoms with Gasteiger partial charge in [-0.2, -0.15) is 0 Å². The highest BCUT2D eigenvalue weighted by molar-refractivity contribution is 4.96. The van der Waals surface area contributed by atoms with Gasteiger partial charge >= 0.3 is 0 Å². The molecule has 2 rings (SSSR count). The van der Waals surface area contributed by atoms with Gasteiger partial charge in [-0.25, -0.2) is 4.98 Å². The van der Waals surface area contributed by atoms with Crippen molar-refractivity contribution in [2.45, 2.75) is 77.7 Å². The first-order valence-corrected chi connectivity index (χ1v) is 8.21. The molecule has 114 valence electrons. The van der Waals surface area contributed by atoms with E-state index in [0.29, 0.717) is 0 Å². The Balaban J connectivity index is 1.76. The summed E-state index contributed by atoms with van der Waals surface area (Å²) in [6, 6.07) is 0. The van der Waals surface area contributed by atoms with Gasteiger partial charge in [0.15, 0.2) is 5.89 Å². The quantitative estimate of drug-likeness (QED) is 0.823. The summed E-state index contributed by atoms with van der Waals surface area (Å²) in [6.45, 7) is 7.47. The van der Waals surface area contributed by atoms with Crippen LogP contribution in [0.15, 0.2) is 10.6 Å². The van der Waals surface area contributed by atoms with E-state index in [9.17, 15) is 0 Å². The summed E-state index contributed by atoms with van der Waals surface area (Å²) in [4.78, 5) is 4.42. The Morgan fingerprint density at radius 1 is 1.20 bits per heavy atom. The van der Waals surface area contributed by atoms with Gasteiger partial charge in [0.05, 0.1) is 6.20 Å². The summed E-state index contributed by atoms with van der Waals surface area (Å²) in [6.07, 6.45) is 12.2. The Morgan fingerprint density at radius 2 is 1.90 bits per heavy atom. The fourth-order valence-corrected chi connectivity index (χ4v) is 2.95. The van der Waals surface area contributed by atoms with E-state index in [1.807, 2.05) is 6.20 Å². The molecular weight excluding hydrogens is 248 g/mol. The van der Waals surface area contributed by atoms with Crippen molar-refractivity contribution in [3.8, 4) is 0 Å². The van der Waals surface area contributed by atoms with Gasteiger partial charge in [0, 0.05) is 24.9 Å². The lowest BCUT2D eigenvalue weighted by Crippen LogP contribution is -2.37. The number of nitrogens with zero attached hydrogens (tertiary/aromatic N) is 1. The van der Waals surface area contributed by atoms with E-state index < -0.39 is 0 Å². The lowest BCUT2D eigenvalue weighted by molar-refractivity contribution is 0.375. The topological polar surface area (TPSA) is 38.1 Å². The van der Waals surface area contributed by atoms with Crippen molar-refractivity contribution >= 4 is 0 Å². The number of nitrogens with one attached hydrogen (secondary N) is 1. The van der Waals surface area contributed by atoms with Gasteiger partial charge in [-0.05, 0) is 26.7 Å². The smallest absolute Gasteiger partial charge is 0.195 e. The Hall–Kier alpha value is -0.830. The Kier molecular flexibility index (Phi) is 5.64. The summed E-state index contributed by atoms with van der Waals surface area (Å²) < 4.78 is 5.89. The molecule has 0 amide bonds. The van der Waals surface area contributed by atoms with E-state index in [-0.39, 0.29) is 5.54 Å². The Morgan fingerprint density at radius 3 is 2.55 bits per heavy atom. The van der Waals surface area contributed by atoms with Crippen molar-refractivity contribution in [1.29, 1.82) is 0 Å². The molecule has 0 bridgehead atoms. The molecule has 1 saturated carbocycles. The molecule has 3 heteroatoms. The molecule has 20 heavy (non-hydrogen) atoms. The third-order valence-electron chi connectivity index (χ3n) is 4.06. The molecule has 1 fully saturated rings. The standard InChI is InChI=1S/C17H30N2O/c1-17(2,3)19-11-10-16-18-13-15(20-16)12-14-8-6-4-5-7-9-14/h13-14,19H,4-12H2,1-3H3. The predicted octanol–water partition coefficient (Wildman–Crippen LogP) is 4.12. The second-order valence-electron chi connectivity index (χ2n) is 7.21. The van der Waals surface area contributed by atoms with Gasteiger partial charge in [-0.3, -0.25) is 0 Å². The molecular formula is C17H30N2O. The molecule has 1 aromatic heterocycles. The van der Waals surface area contributed by atoms with E-state index >= 15 is 0 Å². The highest BCUT2D eigenvalue weighted by Crippen LogP contribution is 2.26. The predicted molar refractivity (Wildman–Crippen MR) is 82.9 cm³/mol. The van der Waals surface area contributed by atoms with Crippen molar-refractivity contribution in [1.82, 2.24) is 10.3 Å². The molecule has 0 saturated heterocycles. The van der Waals surface area contributed by atoms with Crippen LogP contribution in [-0.2, 0) is 12.8 Å². The van der Waals surface area contributed by atoms with Gasteiger partial charge in [0.25, 0.3) is 0 Å². The van der Waals surface area contributed by atoms with Gasteiger partial charge in [0.2, 0.25) is 0 Å². The highest BCUT2D eigenvalue weighted by Gasteiger charge is 2.15. The zero-order valence-corrected chi connectivity index (χ0v) is 13.4. The number of hydrogen-bond acceptors (Lipinski definition) is 3. The Bertz CT molecular complexity index is 384. The van der Waals surface area contributed by atoms with E-state index in [1.165, 1.54) is 38.5 Å². The van der Waals surface area contributed by atoms with Gasteiger partial charge < -0.3 is 9.73 Å². The number of oxazole rings is 1. The van der Waals surface area contributed by atoms with E-state index in [2.05, 4.69) is 31.1 Å². The van der Waals surface area contributed by atoms with Crippen LogP contribution in [0.4, 0.5) is 0 Å². The first-order chi connectivity index (χ1) is 9.53. The monoisotopic (exact) mass is 278 g/mol. The zero-order chi connectivity index (χ0) is 14.4. The fourth-order valence-electron chi connectivity index (χ4n) is 2.95. The molecule has 1 N–H and O–H groups in total. The molecule has 0 radical (unpaired) electrons.